The highest BCUT2D eigenvalue weighted by Crippen LogP contribution is 2.32. The van der Waals surface area contributed by atoms with Crippen molar-refractivity contribution in [3.8, 4) is 5.75 Å². The lowest BCUT2D eigenvalue weighted by Crippen LogP contribution is -2.59. The van der Waals surface area contributed by atoms with E-state index in [-0.39, 0.29) is 5.41 Å². The van der Waals surface area contributed by atoms with Crippen molar-refractivity contribution in [3.63, 3.8) is 0 Å². The van der Waals surface area contributed by atoms with E-state index in [0.717, 1.165) is 23.3 Å². The number of hydrogen-bond donors (Lipinski definition) is 1. The zero-order valence-corrected chi connectivity index (χ0v) is 14.6. The molecule has 1 aromatic rings. The first-order valence-corrected chi connectivity index (χ1v) is 7.96. The summed E-state index contributed by atoms with van der Waals surface area (Å²) in [7, 11) is 1.70. The highest BCUT2D eigenvalue weighted by atomic mass is 79.9. The smallest absolute Gasteiger partial charge is 0.133 e. The van der Waals surface area contributed by atoms with E-state index in [9.17, 15) is 0 Å². The standard InChI is InChI=1S/C16H25BrN2O/c1-11-9-18-15(16(2,3)4)10-19(11)12-6-7-14(20-5)13(17)8-12/h6-8,11,15,18H,9-10H2,1-5H3. The molecule has 0 radical (unpaired) electrons. The number of hydrogen-bond acceptors (Lipinski definition) is 3. The predicted molar refractivity (Wildman–Crippen MR) is 88.7 cm³/mol. The van der Waals surface area contributed by atoms with E-state index in [2.05, 4.69) is 66.0 Å². The first-order valence-electron chi connectivity index (χ1n) is 7.16. The lowest BCUT2D eigenvalue weighted by atomic mass is 9.84. The van der Waals surface area contributed by atoms with Crippen molar-refractivity contribution >= 4 is 21.6 Å². The topological polar surface area (TPSA) is 24.5 Å². The highest BCUT2D eigenvalue weighted by Gasteiger charge is 2.32. The number of piperazine rings is 1. The fraction of sp³-hybridized carbons (Fsp3) is 0.625. The molecule has 4 heteroatoms. The molecule has 0 saturated carbocycles. The molecule has 2 unspecified atom stereocenters. The fourth-order valence-electron chi connectivity index (χ4n) is 2.64. The molecule has 20 heavy (non-hydrogen) atoms. The molecule has 0 spiro atoms. The summed E-state index contributed by atoms with van der Waals surface area (Å²) in [6, 6.07) is 7.32. The van der Waals surface area contributed by atoms with Crippen LogP contribution in [0.1, 0.15) is 27.7 Å². The zero-order chi connectivity index (χ0) is 14.9. The Hall–Kier alpha value is -0.740. The molecule has 2 rings (SSSR count). The molecule has 1 fully saturated rings. The summed E-state index contributed by atoms with van der Waals surface area (Å²) in [5.41, 5.74) is 1.52. The summed E-state index contributed by atoms with van der Waals surface area (Å²) in [6.07, 6.45) is 0. The van der Waals surface area contributed by atoms with Crippen LogP contribution in [0.15, 0.2) is 22.7 Å². The maximum Gasteiger partial charge on any atom is 0.133 e. The molecule has 1 aliphatic rings. The second-order valence-electron chi connectivity index (χ2n) is 6.65. The molecule has 2 atom stereocenters. The Kier molecular flexibility index (Phi) is 4.65. The van der Waals surface area contributed by atoms with Crippen molar-refractivity contribution in [2.45, 2.75) is 39.8 Å². The van der Waals surface area contributed by atoms with Crippen LogP contribution < -0.4 is 15.0 Å². The van der Waals surface area contributed by atoms with Crippen LogP contribution in [-0.4, -0.2) is 32.3 Å². The Labute approximate surface area is 130 Å². The Bertz CT molecular complexity index is 470. The van der Waals surface area contributed by atoms with Crippen molar-refractivity contribution in [1.29, 1.82) is 0 Å². The van der Waals surface area contributed by atoms with Gasteiger partial charge in [-0.15, -0.1) is 0 Å². The molecule has 1 aromatic carbocycles. The van der Waals surface area contributed by atoms with E-state index >= 15 is 0 Å². The number of halogens is 1. The molecule has 0 bridgehead atoms. The normalized spacial score (nSPS) is 23.8. The summed E-state index contributed by atoms with van der Waals surface area (Å²) in [6.45, 7) is 11.2. The molecule has 0 aliphatic carbocycles. The van der Waals surface area contributed by atoms with Gasteiger partial charge in [0.05, 0.1) is 11.6 Å². The lowest BCUT2D eigenvalue weighted by molar-refractivity contribution is 0.239. The number of nitrogens with one attached hydrogen (secondary N) is 1. The highest BCUT2D eigenvalue weighted by molar-refractivity contribution is 9.10. The third kappa shape index (κ3) is 3.29. The lowest BCUT2D eigenvalue weighted by Gasteiger charge is -2.45. The quantitative estimate of drug-likeness (QED) is 0.888. The molecule has 0 aromatic heterocycles. The largest absolute Gasteiger partial charge is 0.496 e. The van der Waals surface area contributed by atoms with Gasteiger partial charge in [-0.2, -0.15) is 0 Å². The zero-order valence-electron chi connectivity index (χ0n) is 13.0. The second-order valence-corrected chi connectivity index (χ2v) is 7.50. The Morgan fingerprint density at radius 1 is 1.35 bits per heavy atom. The average molecular weight is 341 g/mol. The monoisotopic (exact) mass is 340 g/mol. The molecule has 1 heterocycles. The molecular weight excluding hydrogens is 316 g/mol. The molecule has 112 valence electrons. The van der Waals surface area contributed by atoms with Gasteiger partial charge in [0, 0.05) is 30.9 Å². The molecule has 1 N–H and O–H groups in total. The van der Waals surface area contributed by atoms with Crippen LogP contribution in [0.5, 0.6) is 5.75 Å². The van der Waals surface area contributed by atoms with Crippen molar-refractivity contribution in [3.05, 3.63) is 22.7 Å². The summed E-state index contributed by atoms with van der Waals surface area (Å²) in [5.74, 6) is 0.879. The number of anilines is 1. The molecule has 0 amide bonds. The second kappa shape index (κ2) is 5.94. The van der Waals surface area contributed by atoms with E-state index in [1.165, 1.54) is 5.69 Å². The summed E-state index contributed by atoms with van der Waals surface area (Å²) in [5, 5.41) is 3.67. The van der Waals surface area contributed by atoms with Crippen LogP contribution in [0.4, 0.5) is 5.69 Å². The minimum absolute atomic E-state index is 0.266. The van der Waals surface area contributed by atoms with E-state index in [1.54, 1.807) is 7.11 Å². The first kappa shape index (κ1) is 15.6. The Morgan fingerprint density at radius 2 is 2.05 bits per heavy atom. The van der Waals surface area contributed by atoms with Crippen molar-refractivity contribution in [1.82, 2.24) is 5.32 Å². The van der Waals surface area contributed by atoms with Gasteiger partial charge in [-0.1, -0.05) is 20.8 Å². The Balaban J connectivity index is 2.23. The van der Waals surface area contributed by atoms with Gasteiger partial charge in [0.25, 0.3) is 0 Å². The number of benzene rings is 1. The van der Waals surface area contributed by atoms with Crippen LogP contribution in [0.3, 0.4) is 0 Å². The van der Waals surface area contributed by atoms with Crippen molar-refractivity contribution in [2.75, 3.05) is 25.1 Å². The number of nitrogens with zero attached hydrogens (tertiary/aromatic N) is 1. The van der Waals surface area contributed by atoms with Gasteiger partial charge < -0.3 is 15.0 Å². The maximum absolute atomic E-state index is 5.31. The van der Waals surface area contributed by atoms with Crippen LogP contribution in [0, 0.1) is 5.41 Å². The minimum atomic E-state index is 0.266. The van der Waals surface area contributed by atoms with Gasteiger partial charge in [0.1, 0.15) is 5.75 Å². The first-order chi connectivity index (χ1) is 9.32. The van der Waals surface area contributed by atoms with Gasteiger partial charge in [0.15, 0.2) is 0 Å². The van der Waals surface area contributed by atoms with Gasteiger partial charge in [-0.25, -0.2) is 0 Å². The molecule has 1 saturated heterocycles. The molecule has 1 aliphatic heterocycles. The van der Waals surface area contributed by atoms with Gasteiger partial charge in [-0.05, 0) is 46.5 Å². The van der Waals surface area contributed by atoms with Gasteiger partial charge in [-0.3, -0.25) is 0 Å². The number of rotatable bonds is 2. The number of methoxy groups -OCH3 is 1. The SMILES string of the molecule is COc1ccc(N2CC(C(C)(C)C)NCC2C)cc1Br. The van der Waals surface area contributed by atoms with Crippen LogP contribution in [0.2, 0.25) is 0 Å². The predicted octanol–water partition coefficient (Wildman–Crippen LogP) is 3.67. The Morgan fingerprint density at radius 3 is 2.60 bits per heavy atom. The molecular formula is C16H25BrN2O. The van der Waals surface area contributed by atoms with Crippen LogP contribution >= 0.6 is 15.9 Å². The van der Waals surface area contributed by atoms with Gasteiger partial charge in [0.2, 0.25) is 0 Å². The summed E-state index contributed by atoms with van der Waals surface area (Å²) in [4.78, 5) is 2.48. The van der Waals surface area contributed by atoms with E-state index < -0.39 is 0 Å². The summed E-state index contributed by atoms with van der Waals surface area (Å²) < 4.78 is 6.32. The number of ether oxygens (including phenoxy) is 1. The van der Waals surface area contributed by atoms with E-state index in [1.807, 2.05) is 6.07 Å². The van der Waals surface area contributed by atoms with Crippen molar-refractivity contribution < 1.29 is 4.74 Å². The average Bonchev–Trinajstić information content (AvgIpc) is 2.37. The van der Waals surface area contributed by atoms with E-state index in [0.29, 0.717) is 12.1 Å². The maximum atomic E-state index is 5.31. The third-order valence-electron chi connectivity index (χ3n) is 4.08. The minimum Gasteiger partial charge on any atom is -0.496 e. The summed E-state index contributed by atoms with van der Waals surface area (Å²) >= 11 is 3.58. The third-order valence-corrected chi connectivity index (χ3v) is 4.70. The van der Waals surface area contributed by atoms with E-state index in [4.69, 9.17) is 4.74 Å². The van der Waals surface area contributed by atoms with Crippen molar-refractivity contribution in [2.24, 2.45) is 5.41 Å². The fourth-order valence-corrected chi connectivity index (χ4v) is 3.17. The van der Waals surface area contributed by atoms with Crippen LogP contribution in [-0.2, 0) is 0 Å². The van der Waals surface area contributed by atoms with Gasteiger partial charge >= 0.3 is 0 Å². The van der Waals surface area contributed by atoms with Crippen LogP contribution in [0.25, 0.3) is 0 Å². The molecule has 3 nitrogen and oxygen atoms in total.